The van der Waals surface area contributed by atoms with Crippen LogP contribution in [-0.2, 0) is 9.53 Å². The Balaban J connectivity index is 1.52. The summed E-state index contributed by atoms with van der Waals surface area (Å²) in [5, 5.41) is 12.6. The van der Waals surface area contributed by atoms with Gasteiger partial charge in [0.15, 0.2) is 0 Å². The van der Waals surface area contributed by atoms with Crippen molar-refractivity contribution in [1.29, 1.82) is 5.26 Å². The van der Waals surface area contributed by atoms with Gasteiger partial charge in [-0.1, -0.05) is 36.4 Å². The van der Waals surface area contributed by atoms with Crippen LogP contribution in [0.15, 0.2) is 42.5 Å². The first kappa shape index (κ1) is 23.3. The zero-order chi connectivity index (χ0) is 24.5. The van der Waals surface area contributed by atoms with Crippen LogP contribution in [0.4, 0.5) is 5.82 Å². The number of carbonyl (C=O) groups is 1. The lowest BCUT2D eigenvalue weighted by molar-refractivity contribution is -0.134. The predicted octanol–water partition coefficient (Wildman–Crippen LogP) is 5.03. The normalized spacial score (nSPS) is 18.1. The average molecular weight is 469 g/mol. The Hall–Kier alpha value is -3.43. The van der Waals surface area contributed by atoms with Gasteiger partial charge in [0.2, 0.25) is 5.91 Å². The fourth-order valence-corrected chi connectivity index (χ4v) is 5.29. The van der Waals surface area contributed by atoms with E-state index in [1.165, 1.54) is 10.8 Å². The second kappa shape index (κ2) is 9.67. The third-order valence-corrected chi connectivity index (χ3v) is 7.34. The lowest BCUT2D eigenvalue weighted by Gasteiger charge is -2.41. The highest BCUT2D eigenvalue weighted by molar-refractivity contribution is 5.89. The molecule has 0 bridgehead atoms. The number of methoxy groups -OCH3 is 1. The third kappa shape index (κ3) is 4.49. The van der Waals surface area contributed by atoms with Gasteiger partial charge in [-0.2, -0.15) is 5.26 Å². The number of piperazine rings is 1. The molecular weight excluding hydrogens is 436 g/mol. The molecule has 0 N–H and O–H groups in total. The number of pyridine rings is 1. The molecule has 1 aromatic heterocycles. The molecule has 1 saturated heterocycles. The summed E-state index contributed by atoms with van der Waals surface area (Å²) in [7, 11) is 1.62. The molecule has 6 heteroatoms. The van der Waals surface area contributed by atoms with Crippen molar-refractivity contribution in [2.45, 2.75) is 45.1 Å². The summed E-state index contributed by atoms with van der Waals surface area (Å²) in [6, 6.07) is 17.4. The molecule has 180 valence electrons. The van der Waals surface area contributed by atoms with Gasteiger partial charge >= 0.3 is 0 Å². The van der Waals surface area contributed by atoms with Crippen LogP contribution in [-0.4, -0.2) is 55.2 Å². The van der Waals surface area contributed by atoms with Crippen LogP contribution in [0.1, 0.15) is 48.9 Å². The van der Waals surface area contributed by atoms with Crippen molar-refractivity contribution >= 4 is 22.5 Å². The van der Waals surface area contributed by atoms with Crippen molar-refractivity contribution in [3.63, 3.8) is 0 Å². The minimum atomic E-state index is 0.0475. The number of carbonyl (C=O) groups excluding carboxylic acids is 1. The molecule has 1 amide bonds. The third-order valence-electron chi connectivity index (χ3n) is 7.34. The first-order valence-corrected chi connectivity index (χ1v) is 12.5. The highest BCUT2D eigenvalue weighted by Crippen LogP contribution is 2.47. The molecule has 35 heavy (non-hydrogen) atoms. The van der Waals surface area contributed by atoms with Gasteiger partial charge in [-0.3, -0.25) is 4.79 Å². The Morgan fingerprint density at radius 1 is 1.17 bits per heavy atom. The zero-order valence-electron chi connectivity index (χ0n) is 20.8. The average Bonchev–Trinajstić information content (AvgIpc) is 3.72. The zero-order valence-corrected chi connectivity index (χ0v) is 20.8. The number of benzene rings is 2. The largest absolute Gasteiger partial charge is 0.384 e. The lowest BCUT2D eigenvalue weighted by atomic mass is 9.92. The highest BCUT2D eigenvalue weighted by Gasteiger charge is 2.34. The first-order chi connectivity index (χ1) is 17.0. The molecule has 2 fully saturated rings. The van der Waals surface area contributed by atoms with Gasteiger partial charge in [-0.25, -0.2) is 4.98 Å². The Morgan fingerprint density at radius 2 is 1.94 bits per heavy atom. The van der Waals surface area contributed by atoms with Crippen molar-refractivity contribution < 1.29 is 9.53 Å². The summed E-state index contributed by atoms with van der Waals surface area (Å²) in [6.45, 7) is 6.53. The summed E-state index contributed by atoms with van der Waals surface area (Å²) in [6.07, 6.45) is 2.67. The molecule has 1 aliphatic heterocycles. The number of ether oxygens (including phenoxy) is 1. The van der Waals surface area contributed by atoms with E-state index in [-0.39, 0.29) is 11.9 Å². The first-order valence-electron chi connectivity index (χ1n) is 12.5. The van der Waals surface area contributed by atoms with E-state index >= 15 is 0 Å². The summed E-state index contributed by atoms with van der Waals surface area (Å²) in [5.74, 6) is 1.33. The Kier molecular flexibility index (Phi) is 6.44. The van der Waals surface area contributed by atoms with E-state index in [1.807, 2.05) is 4.90 Å². The van der Waals surface area contributed by atoms with Gasteiger partial charge in [-0.05, 0) is 54.7 Å². The van der Waals surface area contributed by atoms with E-state index in [4.69, 9.17) is 9.72 Å². The lowest BCUT2D eigenvalue weighted by Crippen LogP contribution is -2.54. The minimum absolute atomic E-state index is 0.0475. The standard InChI is InChI=1S/C29H32N4O2/c1-19-18-32(13-14-33(19)26(34)12-15-35-3)29-25(17-30)20(2)27(28(31-29)22-9-10-22)24-11-8-21-6-4-5-7-23(21)16-24/h4-8,11,16,19,22H,9-10,12-15,18H2,1-3H3. The maximum Gasteiger partial charge on any atom is 0.225 e. The summed E-state index contributed by atoms with van der Waals surface area (Å²) >= 11 is 0. The molecule has 6 nitrogen and oxygen atoms in total. The van der Waals surface area contributed by atoms with Gasteiger partial charge in [0.05, 0.1) is 24.3 Å². The van der Waals surface area contributed by atoms with Gasteiger partial charge in [0, 0.05) is 44.3 Å². The fourth-order valence-electron chi connectivity index (χ4n) is 5.29. The van der Waals surface area contributed by atoms with Gasteiger partial charge in [0.1, 0.15) is 11.9 Å². The van der Waals surface area contributed by atoms with Crippen LogP contribution >= 0.6 is 0 Å². The molecule has 2 aliphatic rings. The Morgan fingerprint density at radius 3 is 2.63 bits per heavy atom. The maximum absolute atomic E-state index is 12.6. The van der Waals surface area contributed by atoms with Crippen LogP contribution in [0.2, 0.25) is 0 Å². The second-order valence-corrected chi connectivity index (χ2v) is 9.77. The number of amides is 1. The smallest absolute Gasteiger partial charge is 0.225 e. The number of hydrogen-bond acceptors (Lipinski definition) is 5. The number of nitriles is 1. The van der Waals surface area contributed by atoms with E-state index in [0.29, 0.717) is 44.1 Å². The van der Waals surface area contributed by atoms with Crippen LogP contribution < -0.4 is 4.90 Å². The van der Waals surface area contributed by atoms with Gasteiger partial charge in [-0.15, -0.1) is 0 Å². The molecule has 1 aliphatic carbocycles. The van der Waals surface area contributed by atoms with E-state index in [0.717, 1.165) is 41.0 Å². The number of nitrogens with zero attached hydrogens (tertiary/aromatic N) is 4. The van der Waals surface area contributed by atoms with Crippen molar-refractivity contribution in [3.05, 3.63) is 59.3 Å². The van der Waals surface area contributed by atoms with E-state index < -0.39 is 0 Å². The maximum atomic E-state index is 12.6. The van der Waals surface area contributed by atoms with Crippen molar-refractivity contribution in [2.24, 2.45) is 0 Å². The van der Waals surface area contributed by atoms with E-state index in [2.05, 4.69) is 67.3 Å². The summed E-state index contributed by atoms with van der Waals surface area (Å²) in [5.41, 5.74) is 4.99. The molecule has 3 aromatic rings. The van der Waals surface area contributed by atoms with Gasteiger partial charge in [0.25, 0.3) is 0 Å². The minimum Gasteiger partial charge on any atom is -0.384 e. The monoisotopic (exact) mass is 468 g/mol. The number of hydrogen-bond donors (Lipinski definition) is 0. The molecule has 1 unspecified atom stereocenters. The fraction of sp³-hybridized carbons (Fsp3) is 0.414. The summed E-state index contributed by atoms with van der Waals surface area (Å²) < 4.78 is 5.08. The number of fused-ring (bicyclic) bond motifs is 1. The number of anilines is 1. The van der Waals surface area contributed by atoms with E-state index in [1.54, 1.807) is 7.11 Å². The summed E-state index contributed by atoms with van der Waals surface area (Å²) in [4.78, 5) is 21.9. The molecule has 1 atom stereocenters. The molecule has 0 radical (unpaired) electrons. The molecule has 2 aromatic carbocycles. The predicted molar refractivity (Wildman–Crippen MR) is 138 cm³/mol. The SMILES string of the molecule is COCCC(=O)N1CCN(c2nc(C3CC3)c(-c3ccc4ccccc4c3)c(C)c2C#N)CC1C. The van der Waals surface area contributed by atoms with E-state index in [9.17, 15) is 10.1 Å². The number of aromatic nitrogens is 1. The molecule has 1 saturated carbocycles. The van der Waals surface area contributed by atoms with Crippen LogP contribution in [0, 0.1) is 18.3 Å². The quantitative estimate of drug-likeness (QED) is 0.507. The van der Waals surface area contributed by atoms with Crippen LogP contribution in [0.25, 0.3) is 21.9 Å². The Bertz CT molecular complexity index is 1310. The van der Waals surface area contributed by atoms with Crippen molar-refractivity contribution in [1.82, 2.24) is 9.88 Å². The van der Waals surface area contributed by atoms with Crippen molar-refractivity contribution in [2.75, 3.05) is 38.3 Å². The molecule has 5 rings (SSSR count). The van der Waals surface area contributed by atoms with Crippen molar-refractivity contribution in [3.8, 4) is 17.2 Å². The van der Waals surface area contributed by atoms with Crippen LogP contribution in [0.3, 0.4) is 0 Å². The van der Waals surface area contributed by atoms with Crippen LogP contribution in [0.5, 0.6) is 0 Å². The van der Waals surface area contributed by atoms with Gasteiger partial charge < -0.3 is 14.5 Å². The second-order valence-electron chi connectivity index (χ2n) is 9.77. The number of rotatable bonds is 6. The molecule has 0 spiro atoms. The molecule has 2 heterocycles. The highest BCUT2D eigenvalue weighted by atomic mass is 16.5. The molecular formula is C29H32N4O2. The topological polar surface area (TPSA) is 69.5 Å². The Labute approximate surface area is 207 Å².